The van der Waals surface area contributed by atoms with Crippen molar-refractivity contribution in [3.05, 3.63) is 35.4 Å². The Morgan fingerprint density at radius 1 is 1.29 bits per heavy atom. The highest BCUT2D eigenvalue weighted by atomic mass is 127. The summed E-state index contributed by atoms with van der Waals surface area (Å²) in [5.41, 5.74) is 2.68. The number of aryl methyl sites for hydroxylation is 1. The van der Waals surface area contributed by atoms with Crippen molar-refractivity contribution in [1.29, 1.82) is 0 Å². The highest BCUT2D eigenvalue weighted by Gasteiger charge is 2.02. The molecule has 94 valence electrons. The van der Waals surface area contributed by atoms with Crippen LogP contribution in [0.4, 0.5) is 0 Å². The Morgan fingerprint density at radius 2 is 2.06 bits per heavy atom. The quantitative estimate of drug-likeness (QED) is 0.824. The minimum absolute atomic E-state index is 0. The molecule has 1 aromatic rings. The third-order valence-corrected chi connectivity index (χ3v) is 2.72. The topological polar surface area (TPSA) is 36.4 Å². The second-order valence-electron chi connectivity index (χ2n) is 4.17. The smallest absolute Gasteiger partial charge is 0.191 e. The van der Waals surface area contributed by atoms with Crippen molar-refractivity contribution in [3.63, 3.8) is 0 Å². The molecule has 0 unspecified atom stereocenters. The first-order chi connectivity index (χ1) is 7.84. The maximum absolute atomic E-state index is 4.37. The first kappa shape index (κ1) is 14.3. The van der Waals surface area contributed by atoms with Crippen LogP contribution < -0.4 is 10.6 Å². The molecule has 0 saturated carbocycles. The van der Waals surface area contributed by atoms with Crippen molar-refractivity contribution < 1.29 is 0 Å². The van der Waals surface area contributed by atoms with Gasteiger partial charge in [-0.05, 0) is 25.3 Å². The third kappa shape index (κ3) is 4.93. The van der Waals surface area contributed by atoms with Crippen molar-refractivity contribution in [3.8, 4) is 0 Å². The number of nitrogens with zero attached hydrogens (tertiary/aromatic N) is 1. The lowest BCUT2D eigenvalue weighted by Crippen LogP contribution is -2.41. The van der Waals surface area contributed by atoms with E-state index in [0.29, 0.717) is 0 Å². The fraction of sp³-hybridized carbons (Fsp3) is 0.462. The van der Waals surface area contributed by atoms with E-state index in [0.717, 1.165) is 38.4 Å². The summed E-state index contributed by atoms with van der Waals surface area (Å²) < 4.78 is 0. The first-order valence-corrected chi connectivity index (χ1v) is 5.92. The van der Waals surface area contributed by atoms with E-state index in [-0.39, 0.29) is 24.0 Å². The molecule has 3 nitrogen and oxygen atoms in total. The fourth-order valence-electron chi connectivity index (χ4n) is 1.73. The second-order valence-corrected chi connectivity index (χ2v) is 4.17. The molecule has 0 bridgehead atoms. The molecular weight excluding hydrogens is 325 g/mol. The van der Waals surface area contributed by atoms with Crippen LogP contribution in [-0.2, 0) is 6.42 Å². The Labute approximate surface area is 120 Å². The largest absolute Gasteiger partial charge is 0.356 e. The lowest BCUT2D eigenvalue weighted by Gasteiger charge is -2.15. The van der Waals surface area contributed by atoms with Crippen molar-refractivity contribution in [2.75, 3.05) is 19.6 Å². The molecule has 1 heterocycles. The van der Waals surface area contributed by atoms with Crippen LogP contribution in [0.25, 0.3) is 0 Å². The van der Waals surface area contributed by atoms with Gasteiger partial charge in [-0.25, -0.2) is 0 Å². The van der Waals surface area contributed by atoms with Crippen LogP contribution in [0.3, 0.4) is 0 Å². The van der Waals surface area contributed by atoms with Gasteiger partial charge >= 0.3 is 0 Å². The van der Waals surface area contributed by atoms with Gasteiger partial charge in [0.2, 0.25) is 0 Å². The molecule has 2 rings (SSSR count). The predicted octanol–water partition coefficient (Wildman–Crippen LogP) is 2.09. The van der Waals surface area contributed by atoms with Crippen molar-refractivity contribution in [2.45, 2.75) is 19.8 Å². The minimum atomic E-state index is 0. The molecule has 4 heteroatoms. The zero-order valence-electron chi connectivity index (χ0n) is 10.2. The summed E-state index contributed by atoms with van der Waals surface area (Å²) in [5.74, 6) is 0.957. The normalized spacial score (nSPS) is 14.3. The number of aliphatic imine (C=N–C) groups is 1. The molecule has 17 heavy (non-hydrogen) atoms. The number of benzene rings is 1. The first-order valence-electron chi connectivity index (χ1n) is 5.92. The summed E-state index contributed by atoms with van der Waals surface area (Å²) in [7, 11) is 0. The molecular formula is C13H20IN3. The number of nitrogens with one attached hydrogen (secondary N) is 2. The van der Waals surface area contributed by atoms with E-state index in [4.69, 9.17) is 0 Å². The Bertz CT molecular complexity index is 359. The fourth-order valence-corrected chi connectivity index (χ4v) is 1.73. The average molecular weight is 345 g/mol. The maximum atomic E-state index is 4.37. The van der Waals surface area contributed by atoms with Gasteiger partial charge in [-0.1, -0.05) is 29.8 Å². The molecule has 0 spiro atoms. The monoisotopic (exact) mass is 345 g/mol. The van der Waals surface area contributed by atoms with Gasteiger partial charge in [-0.3, -0.25) is 4.99 Å². The number of rotatable bonds is 3. The lowest BCUT2D eigenvalue weighted by molar-refractivity contribution is 0.700. The maximum Gasteiger partial charge on any atom is 0.191 e. The Kier molecular flexibility index (Phi) is 6.32. The summed E-state index contributed by atoms with van der Waals surface area (Å²) in [5, 5.41) is 6.58. The van der Waals surface area contributed by atoms with Crippen molar-refractivity contribution >= 4 is 29.9 Å². The summed E-state index contributed by atoms with van der Waals surface area (Å²) in [6.07, 6.45) is 2.18. The van der Waals surface area contributed by atoms with Gasteiger partial charge in [0, 0.05) is 19.6 Å². The van der Waals surface area contributed by atoms with Crippen LogP contribution in [0, 0.1) is 6.92 Å². The average Bonchev–Trinajstić information content (AvgIpc) is 2.33. The predicted molar refractivity (Wildman–Crippen MR) is 83.2 cm³/mol. The molecule has 0 atom stereocenters. The molecule has 0 amide bonds. The highest BCUT2D eigenvalue weighted by Crippen LogP contribution is 2.03. The zero-order valence-corrected chi connectivity index (χ0v) is 12.5. The minimum Gasteiger partial charge on any atom is -0.356 e. The van der Waals surface area contributed by atoms with Crippen LogP contribution in [0.5, 0.6) is 0 Å². The lowest BCUT2D eigenvalue weighted by atomic mass is 10.1. The van der Waals surface area contributed by atoms with Gasteiger partial charge in [-0.2, -0.15) is 0 Å². The van der Waals surface area contributed by atoms with Crippen LogP contribution in [0.1, 0.15) is 17.5 Å². The number of guanidine groups is 1. The van der Waals surface area contributed by atoms with E-state index in [1.165, 1.54) is 11.1 Å². The third-order valence-electron chi connectivity index (χ3n) is 2.72. The van der Waals surface area contributed by atoms with E-state index in [1.54, 1.807) is 0 Å². The van der Waals surface area contributed by atoms with Crippen LogP contribution in [0.2, 0.25) is 0 Å². The van der Waals surface area contributed by atoms with Crippen LogP contribution >= 0.6 is 24.0 Å². The standard InChI is InChI=1S/C13H19N3.HI/c1-11-3-5-12(6-4-11)7-10-16-13-14-8-2-9-15-13;/h3-6H,2,7-10H2,1H3,(H2,14,15,16);1H. The van der Waals surface area contributed by atoms with Gasteiger partial charge in [0.25, 0.3) is 0 Å². The summed E-state index contributed by atoms with van der Waals surface area (Å²) in [6.45, 7) is 5.04. The zero-order chi connectivity index (χ0) is 11.2. The van der Waals surface area contributed by atoms with E-state index in [2.05, 4.69) is 46.8 Å². The summed E-state index contributed by atoms with van der Waals surface area (Å²) in [4.78, 5) is 4.37. The molecule has 1 aliphatic rings. The van der Waals surface area contributed by atoms with Gasteiger partial charge < -0.3 is 10.6 Å². The molecule has 0 saturated heterocycles. The Balaban J connectivity index is 0.00000144. The van der Waals surface area contributed by atoms with Gasteiger partial charge in [0.1, 0.15) is 0 Å². The molecule has 2 N–H and O–H groups in total. The van der Waals surface area contributed by atoms with E-state index in [9.17, 15) is 0 Å². The van der Waals surface area contributed by atoms with Crippen molar-refractivity contribution in [1.82, 2.24) is 10.6 Å². The number of hydrogen-bond donors (Lipinski definition) is 2. The Hall–Kier alpha value is -0.780. The van der Waals surface area contributed by atoms with Gasteiger partial charge in [0.15, 0.2) is 5.96 Å². The summed E-state index contributed by atoms with van der Waals surface area (Å²) >= 11 is 0. The second kappa shape index (κ2) is 7.53. The molecule has 0 fully saturated rings. The Morgan fingerprint density at radius 3 is 2.71 bits per heavy atom. The van der Waals surface area contributed by atoms with Crippen LogP contribution in [-0.4, -0.2) is 25.6 Å². The molecule has 0 radical (unpaired) electrons. The van der Waals surface area contributed by atoms with Gasteiger partial charge in [0.05, 0.1) is 0 Å². The molecule has 1 aliphatic heterocycles. The van der Waals surface area contributed by atoms with Crippen LogP contribution in [0.15, 0.2) is 29.3 Å². The van der Waals surface area contributed by atoms with Crippen molar-refractivity contribution in [2.24, 2.45) is 4.99 Å². The van der Waals surface area contributed by atoms with Gasteiger partial charge in [-0.15, -0.1) is 24.0 Å². The van der Waals surface area contributed by atoms with E-state index in [1.807, 2.05) is 0 Å². The van der Waals surface area contributed by atoms with E-state index >= 15 is 0 Å². The van der Waals surface area contributed by atoms with E-state index < -0.39 is 0 Å². The molecule has 1 aromatic carbocycles. The highest BCUT2D eigenvalue weighted by molar-refractivity contribution is 14.0. The molecule has 0 aliphatic carbocycles. The SMILES string of the molecule is Cc1ccc(CCNC2=NCCCN2)cc1.I. The number of hydrogen-bond acceptors (Lipinski definition) is 3. The molecule has 0 aromatic heterocycles. The summed E-state index contributed by atoms with van der Waals surface area (Å²) in [6, 6.07) is 8.69. The number of halogens is 1.